The molecule has 1 saturated heterocycles. The maximum atomic E-state index is 13.9. The van der Waals surface area contributed by atoms with Crippen LogP contribution in [0.2, 0.25) is 0 Å². The molecule has 0 spiro atoms. The van der Waals surface area contributed by atoms with E-state index in [1.54, 1.807) is 18.2 Å². The molecule has 1 aliphatic rings. The molecular weight excluding hydrogens is 339 g/mol. The lowest BCUT2D eigenvalue weighted by Gasteiger charge is -2.19. The van der Waals surface area contributed by atoms with E-state index in [9.17, 15) is 9.18 Å². The van der Waals surface area contributed by atoms with Crippen molar-refractivity contribution in [1.82, 2.24) is 4.90 Å². The highest BCUT2D eigenvalue weighted by Crippen LogP contribution is 2.29. The minimum Gasteiger partial charge on any atom is -0.340 e. The minimum atomic E-state index is -0.252. The molecule has 25 heavy (non-hydrogen) atoms. The number of likely N-dealkylation sites (tertiary alicyclic amines) is 1. The molecule has 2 N–H and O–H groups in total. The van der Waals surface area contributed by atoms with Crippen LogP contribution in [0.1, 0.15) is 36.3 Å². The molecule has 2 aromatic carbocycles. The molecule has 3 nitrogen and oxygen atoms in total. The number of carbonyl (C=O) groups is 1. The summed E-state index contributed by atoms with van der Waals surface area (Å²) >= 11 is 0. The zero-order valence-electron chi connectivity index (χ0n) is 14.3. The predicted octanol–water partition coefficient (Wildman–Crippen LogP) is 3.69. The molecule has 0 aromatic heterocycles. The second-order valence-electron chi connectivity index (χ2n) is 6.61. The van der Waals surface area contributed by atoms with Gasteiger partial charge in [-0.05, 0) is 23.1 Å². The van der Waals surface area contributed by atoms with Gasteiger partial charge in [-0.25, -0.2) is 4.39 Å². The van der Waals surface area contributed by atoms with Crippen LogP contribution in [0, 0.1) is 5.82 Å². The molecule has 0 radical (unpaired) electrons. The topological polar surface area (TPSA) is 46.3 Å². The van der Waals surface area contributed by atoms with Crippen molar-refractivity contribution in [3.8, 4) is 0 Å². The number of halogens is 2. The van der Waals surface area contributed by atoms with Gasteiger partial charge in [0.15, 0.2) is 0 Å². The molecule has 1 heterocycles. The Bertz CT molecular complexity index is 710. The third-order valence-electron chi connectivity index (χ3n) is 4.86. The summed E-state index contributed by atoms with van der Waals surface area (Å²) in [5.74, 6) is -0.192. The van der Waals surface area contributed by atoms with Crippen LogP contribution in [-0.4, -0.2) is 29.9 Å². The first-order valence-corrected chi connectivity index (χ1v) is 8.39. The first-order valence-electron chi connectivity index (χ1n) is 8.39. The molecule has 5 heteroatoms. The zero-order chi connectivity index (χ0) is 17.1. The molecule has 134 valence electrons. The summed E-state index contributed by atoms with van der Waals surface area (Å²) in [6, 6.07) is 16.7. The van der Waals surface area contributed by atoms with Crippen molar-refractivity contribution >= 4 is 18.3 Å². The lowest BCUT2D eigenvalue weighted by molar-refractivity contribution is -0.130. The van der Waals surface area contributed by atoms with Gasteiger partial charge in [-0.2, -0.15) is 0 Å². The van der Waals surface area contributed by atoms with E-state index in [4.69, 9.17) is 5.73 Å². The Balaban J connectivity index is 0.00000225. The SMILES string of the molecule is CC(CC(=O)N1C[C@@H](N)[C@H](c2ccccc2)C1)c1ccccc1F.Cl. The normalized spacial score (nSPS) is 20.8. The van der Waals surface area contributed by atoms with E-state index >= 15 is 0 Å². The number of hydrogen-bond donors (Lipinski definition) is 1. The van der Waals surface area contributed by atoms with E-state index in [1.165, 1.54) is 11.6 Å². The van der Waals surface area contributed by atoms with Gasteiger partial charge in [0.05, 0.1) is 0 Å². The first-order chi connectivity index (χ1) is 11.6. The van der Waals surface area contributed by atoms with E-state index in [0.717, 1.165) is 0 Å². The Labute approximate surface area is 154 Å². The monoisotopic (exact) mass is 362 g/mol. The largest absolute Gasteiger partial charge is 0.340 e. The molecule has 0 saturated carbocycles. The van der Waals surface area contributed by atoms with Gasteiger partial charge < -0.3 is 10.6 Å². The van der Waals surface area contributed by atoms with Crippen molar-refractivity contribution in [3.05, 3.63) is 71.5 Å². The molecule has 3 rings (SSSR count). The second-order valence-corrected chi connectivity index (χ2v) is 6.61. The lowest BCUT2D eigenvalue weighted by Crippen LogP contribution is -2.32. The van der Waals surface area contributed by atoms with Crippen LogP contribution in [0.15, 0.2) is 54.6 Å². The maximum Gasteiger partial charge on any atom is 0.223 e. The summed E-state index contributed by atoms with van der Waals surface area (Å²) in [6.45, 7) is 3.08. The number of amides is 1. The van der Waals surface area contributed by atoms with Gasteiger partial charge in [0, 0.05) is 31.5 Å². The summed E-state index contributed by atoms with van der Waals surface area (Å²) < 4.78 is 13.9. The lowest BCUT2D eigenvalue weighted by atomic mass is 9.95. The molecular formula is C20H24ClFN2O. The van der Waals surface area contributed by atoms with E-state index in [0.29, 0.717) is 25.1 Å². The van der Waals surface area contributed by atoms with E-state index in [1.807, 2.05) is 30.0 Å². The van der Waals surface area contributed by atoms with Gasteiger partial charge in [-0.15, -0.1) is 12.4 Å². The fraction of sp³-hybridized carbons (Fsp3) is 0.350. The third kappa shape index (κ3) is 4.39. The quantitative estimate of drug-likeness (QED) is 0.901. The third-order valence-corrected chi connectivity index (χ3v) is 4.86. The summed E-state index contributed by atoms with van der Waals surface area (Å²) in [5.41, 5.74) is 8.01. The second kappa shape index (κ2) is 8.45. The van der Waals surface area contributed by atoms with E-state index in [2.05, 4.69) is 12.1 Å². The standard InChI is InChI=1S/C20H23FN2O.ClH/c1-14(16-9-5-6-10-18(16)21)11-20(24)23-12-17(19(22)13-23)15-7-3-2-4-8-15;/h2-10,14,17,19H,11-13,22H2,1H3;1H/t14?,17-,19+;/m0./s1. The molecule has 1 unspecified atom stereocenters. The van der Waals surface area contributed by atoms with E-state index in [-0.39, 0.29) is 42.0 Å². The predicted molar refractivity (Wildman–Crippen MR) is 100 cm³/mol. The van der Waals surface area contributed by atoms with Crippen molar-refractivity contribution in [2.45, 2.75) is 31.2 Å². The van der Waals surface area contributed by atoms with Gasteiger partial charge >= 0.3 is 0 Å². The average molecular weight is 363 g/mol. The smallest absolute Gasteiger partial charge is 0.223 e. The molecule has 1 fully saturated rings. The van der Waals surface area contributed by atoms with Crippen LogP contribution < -0.4 is 5.73 Å². The minimum absolute atomic E-state index is 0. The highest BCUT2D eigenvalue weighted by atomic mass is 35.5. The van der Waals surface area contributed by atoms with E-state index < -0.39 is 0 Å². The van der Waals surface area contributed by atoms with Gasteiger partial charge in [0.2, 0.25) is 5.91 Å². The van der Waals surface area contributed by atoms with Crippen LogP contribution in [0.5, 0.6) is 0 Å². The van der Waals surface area contributed by atoms with Crippen LogP contribution in [0.3, 0.4) is 0 Å². The fourth-order valence-corrected chi connectivity index (χ4v) is 3.46. The number of carbonyl (C=O) groups excluding carboxylic acids is 1. The Morgan fingerprint density at radius 3 is 2.48 bits per heavy atom. The Kier molecular flexibility index (Phi) is 6.57. The summed E-state index contributed by atoms with van der Waals surface area (Å²) in [5, 5.41) is 0. The highest BCUT2D eigenvalue weighted by Gasteiger charge is 2.34. The maximum absolute atomic E-state index is 13.9. The Morgan fingerprint density at radius 1 is 1.16 bits per heavy atom. The molecule has 1 amide bonds. The summed E-state index contributed by atoms with van der Waals surface area (Å²) in [7, 11) is 0. The molecule has 1 aliphatic heterocycles. The Morgan fingerprint density at radius 2 is 1.80 bits per heavy atom. The van der Waals surface area contributed by atoms with Gasteiger partial charge in [0.1, 0.15) is 5.82 Å². The van der Waals surface area contributed by atoms with Crippen LogP contribution in [-0.2, 0) is 4.79 Å². The molecule has 3 atom stereocenters. The fourth-order valence-electron chi connectivity index (χ4n) is 3.46. The Hall–Kier alpha value is -1.91. The van der Waals surface area contributed by atoms with Gasteiger partial charge in [-0.1, -0.05) is 55.5 Å². The molecule has 0 aliphatic carbocycles. The van der Waals surface area contributed by atoms with Crippen LogP contribution >= 0.6 is 12.4 Å². The molecule has 0 bridgehead atoms. The van der Waals surface area contributed by atoms with Crippen LogP contribution in [0.4, 0.5) is 4.39 Å². The number of hydrogen-bond acceptors (Lipinski definition) is 2. The number of nitrogens with two attached hydrogens (primary N) is 1. The van der Waals surface area contributed by atoms with Crippen molar-refractivity contribution in [3.63, 3.8) is 0 Å². The average Bonchev–Trinajstić information content (AvgIpc) is 2.98. The zero-order valence-corrected chi connectivity index (χ0v) is 15.1. The number of rotatable bonds is 4. The van der Waals surface area contributed by atoms with Gasteiger partial charge in [0.25, 0.3) is 0 Å². The van der Waals surface area contributed by atoms with Crippen molar-refractivity contribution in [2.24, 2.45) is 5.73 Å². The molecule has 2 aromatic rings. The van der Waals surface area contributed by atoms with Crippen molar-refractivity contribution in [2.75, 3.05) is 13.1 Å². The van der Waals surface area contributed by atoms with Crippen molar-refractivity contribution in [1.29, 1.82) is 0 Å². The summed E-state index contributed by atoms with van der Waals surface area (Å²) in [4.78, 5) is 14.4. The van der Waals surface area contributed by atoms with Gasteiger partial charge in [-0.3, -0.25) is 4.79 Å². The van der Waals surface area contributed by atoms with Crippen LogP contribution in [0.25, 0.3) is 0 Å². The highest BCUT2D eigenvalue weighted by molar-refractivity contribution is 5.85. The first kappa shape index (κ1) is 19.4. The number of nitrogens with zero attached hydrogens (tertiary/aromatic N) is 1. The summed E-state index contributed by atoms with van der Waals surface area (Å²) in [6.07, 6.45) is 0.301. The van der Waals surface area contributed by atoms with Crippen molar-refractivity contribution < 1.29 is 9.18 Å². The number of benzene rings is 2.